The molecule has 15 heavy (non-hydrogen) atoms. The van der Waals surface area contributed by atoms with Crippen LogP contribution in [0.5, 0.6) is 0 Å². The first-order valence-corrected chi connectivity index (χ1v) is 5.79. The van der Waals surface area contributed by atoms with E-state index in [1.165, 1.54) is 0 Å². The summed E-state index contributed by atoms with van der Waals surface area (Å²) in [5.41, 5.74) is 0.844. The molecule has 1 heteroatoms. The first kappa shape index (κ1) is 12.0. The van der Waals surface area contributed by atoms with Crippen molar-refractivity contribution in [3.05, 3.63) is 35.9 Å². The average Bonchev–Trinajstić information content (AvgIpc) is 2.30. The van der Waals surface area contributed by atoms with Gasteiger partial charge in [0.1, 0.15) is 0 Å². The molecular weight excluding hydrogens is 184 g/mol. The fourth-order valence-electron chi connectivity index (χ4n) is 2.08. The van der Waals surface area contributed by atoms with Crippen molar-refractivity contribution < 1.29 is 4.79 Å². The first-order valence-electron chi connectivity index (χ1n) is 5.79. The average molecular weight is 204 g/mol. The normalized spacial score (nSPS) is 12.8. The van der Waals surface area contributed by atoms with E-state index in [1.54, 1.807) is 0 Å². The fraction of sp³-hybridized carbons (Fsp3) is 0.500. The number of carbonyl (C=O) groups excluding carboxylic acids is 1. The Labute approximate surface area is 92.5 Å². The molecule has 0 bridgehead atoms. The Hall–Kier alpha value is -1.11. The van der Waals surface area contributed by atoms with Gasteiger partial charge in [-0.3, -0.25) is 4.79 Å². The summed E-state index contributed by atoms with van der Waals surface area (Å²) < 4.78 is 0. The van der Waals surface area contributed by atoms with Gasteiger partial charge in [0.15, 0.2) is 5.78 Å². The highest BCUT2D eigenvalue weighted by molar-refractivity contribution is 5.97. The van der Waals surface area contributed by atoms with Crippen molar-refractivity contribution in [2.24, 2.45) is 11.8 Å². The zero-order chi connectivity index (χ0) is 11.3. The molecular formula is C14H20O. The molecule has 1 unspecified atom stereocenters. The van der Waals surface area contributed by atoms with Gasteiger partial charge in [-0.25, -0.2) is 0 Å². The fourth-order valence-corrected chi connectivity index (χ4v) is 2.08. The third-order valence-electron chi connectivity index (χ3n) is 3.23. The van der Waals surface area contributed by atoms with E-state index in [9.17, 15) is 4.79 Å². The minimum Gasteiger partial charge on any atom is -0.294 e. The Morgan fingerprint density at radius 3 is 2.13 bits per heavy atom. The van der Waals surface area contributed by atoms with E-state index in [1.807, 2.05) is 37.3 Å². The molecule has 1 nitrogen and oxygen atoms in total. The van der Waals surface area contributed by atoms with Gasteiger partial charge in [0.25, 0.3) is 0 Å². The molecule has 0 radical (unpaired) electrons. The lowest BCUT2D eigenvalue weighted by Crippen LogP contribution is -2.20. The summed E-state index contributed by atoms with van der Waals surface area (Å²) in [5, 5.41) is 0. The maximum Gasteiger partial charge on any atom is 0.165 e. The molecule has 0 aromatic heterocycles. The Bertz CT molecular complexity index is 298. The van der Waals surface area contributed by atoms with Gasteiger partial charge in [0, 0.05) is 11.5 Å². The monoisotopic (exact) mass is 204 g/mol. The summed E-state index contributed by atoms with van der Waals surface area (Å²) in [5.74, 6) is 0.935. The van der Waals surface area contributed by atoms with Crippen LogP contribution >= 0.6 is 0 Å². The number of ketones is 1. The Balaban J connectivity index is 2.77. The number of benzene rings is 1. The zero-order valence-corrected chi connectivity index (χ0v) is 9.86. The van der Waals surface area contributed by atoms with E-state index in [-0.39, 0.29) is 11.7 Å². The molecule has 0 fully saturated rings. The van der Waals surface area contributed by atoms with Gasteiger partial charge >= 0.3 is 0 Å². The van der Waals surface area contributed by atoms with Gasteiger partial charge in [0.2, 0.25) is 0 Å². The van der Waals surface area contributed by atoms with Crippen LogP contribution in [0.25, 0.3) is 0 Å². The molecule has 82 valence electrons. The predicted octanol–water partition coefficient (Wildman–Crippen LogP) is 3.94. The second-order valence-corrected chi connectivity index (χ2v) is 4.10. The molecule has 1 atom stereocenters. The molecule has 0 amide bonds. The van der Waals surface area contributed by atoms with E-state index in [4.69, 9.17) is 0 Å². The Morgan fingerprint density at radius 2 is 1.67 bits per heavy atom. The van der Waals surface area contributed by atoms with Crippen molar-refractivity contribution in [3.63, 3.8) is 0 Å². The molecule has 0 heterocycles. The minimum absolute atomic E-state index is 0.141. The molecule has 1 rings (SSSR count). The molecule has 0 aliphatic rings. The maximum absolute atomic E-state index is 12.1. The van der Waals surface area contributed by atoms with Crippen LogP contribution < -0.4 is 0 Å². The van der Waals surface area contributed by atoms with Crippen LogP contribution in [0.4, 0.5) is 0 Å². The van der Waals surface area contributed by atoms with Gasteiger partial charge < -0.3 is 0 Å². The second kappa shape index (κ2) is 5.69. The van der Waals surface area contributed by atoms with Crippen LogP contribution in [0.3, 0.4) is 0 Å². The predicted molar refractivity (Wildman–Crippen MR) is 64.0 cm³/mol. The van der Waals surface area contributed by atoms with Gasteiger partial charge in [-0.15, -0.1) is 0 Å². The van der Waals surface area contributed by atoms with Crippen LogP contribution in [0.1, 0.15) is 44.0 Å². The van der Waals surface area contributed by atoms with Crippen LogP contribution in [-0.2, 0) is 0 Å². The number of rotatable bonds is 5. The van der Waals surface area contributed by atoms with Gasteiger partial charge in [-0.1, -0.05) is 63.9 Å². The minimum atomic E-state index is 0.141. The quantitative estimate of drug-likeness (QED) is 0.664. The lowest BCUT2D eigenvalue weighted by Gasteiger charge is -2.19. The summed E-state index contributed by atoms with van der Waals surface area (Å²) in [7, 11) is 0. The van der Waals surface area contributed by atoms with E-state index in [2.05, 4.69) is 13.8 Å². The van der Waals surface area contributed by atoms with Crippen molar-refractivity contribution in [1.82, 2.24) is 0 Å². The summed E-state index contributed by atoms with van der Waals surface area (Å²) in [6, 6.07) is 9.60. The topological polar surface area (TPSA) is 17.1 Å². The van der Waals surface area contributed by atoms with Crippen LogP contribution in [0.2, 0.25) is 0 Å². The third-order valence-corrected chi connectivity index (χ3v) is 3.23. The number of hydrogen-bond donors (Lipinski definition) is 0. The Morgan fingerprint density at radius 1 is 1.13 bits per heavy atom. The van der Waals surface area contributed by atoms with E-state index in [0.29, 0.717) is 5.92 Å². The van der Waals surface area contributed by atoms with Crippen molar-refractivity contribution >= 4 is 5.78 Å². The largest absolute Gasteiger partial charge is 0.294 e. The number of carbonyl (C=O) groups is 1. The first-order chi connectivity index (χ1) is 7.20. The standard InChI is InChI=1S/C14H20O/c1-4-12(5-2)11(3)14(15)13-9-7-6-8-10-13/h6-12H,4-5H2,1-3H3. The highest BCUT2D eigenvalue weighted by Crippen LogP contribution is 2.22. The molecule has 1 aromatic rings. The van der Waals surface area contributed by atoms with E-state index >= 15 is 0 Å². The van der Waals surface area contributed by atoms with Gasteiger partial charge in [-0.05, 0) is 5.92 Å². The third kappa shape index (κ3) is 2.92. The number of Topliss-reactive ketones (excluding diaryl/α,β-unsaturated/α-hetero) is 1. The molecule has 0 saturated carbocycles. The van der Waals surface area contributed by atoms with Crippen LogP contribution in [0.15, 0.2) is 30.3 Å². The van der Waals surface area contributed by atoms with Crippen molar-refractivity contribution in [1.29, 1.82) is 0 Å². The molecule has 0 spiro atoms. The maximum atomic E-state index is 12.1. The molecule has 0 saturated heterocycles. The highest BCUT2D eigenvalue weighted by Gasteiger charge is 2.21. The summed E-state index contributed by atoms with van der Waals surface area (Å²) in [6.45, 7) is 6.36. The summed E-state index contributed by atoms with van der Waals surface area (Å²) in [6.07, 6.45) is 2.16. The van der Waals surface area contributed by atoms with Crippen LogP contribution in [-0.4, -0.2) is 5.78 Å². The molecule has 0 aliphatic carbocycles. The van der Waals surface area contributed by atoms with Gasteiger partial charge in [-0.2, -0.15) is 0 Å². The lowest BCUT2D eigenvalue weighted by atomic mass is 9.84. The van der Waals surface area contributed by atoms with Gasteiger partial charge in [0.05, 0.1) is 0 Å². The number of hydrogen-bond acceptors (Lipinski definition) is 1. The molecule has 0 N–H and O–H groups in total. The highest BCUT2D eigenvalue weighted by atomic mass is 16.1. The molecule has 1 aromatic carbocycles. The van der Waals surface area contributed by atoms with E-state index < -0.39 is 0 Å². The lowest BCUT2D eigenvalue weighted by molar-refractivity contribution is 0.0881. The SMILES string of the molecule is CCC(CC)C(C)C(=O)c1ccccc1. The smallest absolute Gasteiger partial charge is 0.165 e. The van der Waals surface area contributed by atoms with Crippen LogP contribution in [0, 0.1) is 11.8 Å². The van der Waals surface area contributed by atoms with Crippen molar-refractivity contribution in [3.8, 4) is 0 Å². The summed E-state index contributed by atoms with van der Waals surface area (Å²) >= 11 is 0. The Kier molecular flexibility index (Phi) is 4.54. The summed E-state index contributed by atoms with van der Waals surface area (Å²) in [4.78, 5) is 12.1. The van der Waals surface area contributed by atoms with Crippen molar-refractivity contribution in [2.75, 3.05) is 0 Å². The van der Waals surface area contributed by atoms with E-state index in [0.717, 1.165) is 18.4 Å². The zero-order valence-electron chi connectivity index (χ0n) is 9.86. The second-order valence-electron chi connectivity index (χ2n) is 4.10. The van der Waals surface area contributed by atoms with Crippen molar-refractivity contribution in [2.45, 2.75) is 33.6 Å². The molecule has 0 aliphatic heterocycles.